The minimum absolute atomic E-state index is 0.499. The van der Waals surface area contributed by atoms with Crippen LogP contribution in [0, 0.1) is 11.8 Å². The van der Waals surface area contributed by atoms with Crippen LogP contribution in [0.1, 0.15) is 39.1 Å². The van der Waals surface area contributed by atoms with Crippen LogP contribution in [0.15, 0.2) is 31.8 Å². The van der Waals surface area contributed by atoms with E-state index in [0.717, 1.165) is 74.8 Å². The van der Waals surface area contributed by atoms with Crippen molar-refractivity contribution >= 4 is 88.3 Å². The van der Waals surface area contributed by atoms with E-state index in [2.05, 4.69) is 83.8 Å². The molecule has 0 N–H and O–H groups in total. The molecular formula is C24H22Br2N4S3. The number of nitrogens with zero attached hydrogens (tertiary/aromatic N) is 4. The standard InChI is InChI=1S/C24H22Br2N4S3/c1-11(2)9-13-14(10-12(3)4)28-22-20(16-6-8-18(26)32-16)24-23(29-33-30-24)19(21(22)27-13)15-5-7-17(25)31-15/h5-8,11-12H,9-10H2,1-4H3. The van der Waals surface area contributed by atoms with Gasteiger partial charge in [0.1, 0.15) is 22.1 Å². The van der Waals surface area contributed by atoms with E-state index in [1.54, 1.807) is 22.7 Å². The molecule has 0 radical (unpaired) electrons. The van der Waals surface area contributed by atoms with E-state index in [4.69, 9.17) is 18.7 Å². The Morgan fingerprint density at radius 3 is 1.42 bits per heavy atom. The number of fused-ring (bicyclic) bond motifs is 2. The monoisotopic (exact) mass is 620 g/mol. The number of hydrogen-bond donors (Lipinski definition) is 0. The van der Waals surface area contributed by atoms with Crippen molar-refractivity contribution in [3.05, 3.63) is 43.2 Å². The summed E-state index contributed by atoms with van der Waals surface area (Å²) in [5.41, 5.74) is 7.94. The van der Waals surface area contributed by atoms with E-state index in [1.165, 1.54) is 11.7 Å². The number of rotatable bonds is 6. The highest BCUT2D eigenvalue weighted by molar-refractivity contribution is 9.11. The average molecular weight is 622 g/mol. The van der Waals surface area contributed by atoms with Crippen molar-refractivity contribution < 1.29 is 0 Å². The van der Waals surface area contributed by atoms with E-state index < -0.39 is 0 Å². The lowest BCUT2D eigenvalue weighted by Gasteiger charge is -2.16. The predicted octanol–water partition coefficient (Wildman–Crippen LogP) is 9.01. The summed E-state index contributed by atoms with van der Waals surface area (Å²) in [5, 5.41) is 0. The molecule has 4 heterocycles. The summed E-state index contributed by atoms with van der Waals surface area (Å²) in [7, 11) is 0. The number of hydrogen-bond acceptors (Lipinski definition) is 7. The molecule has 1 aromatic carbocycles. The van der Waals surface area contributed by atoms with E-state index in [9.17, 15) is 0 Å². The Bertz CT molecular complexity index is 1360. The zero-order valence-electron chi connectivity index (χ0n) is 18.6. The van der Waals surface area contributed by atoms with Gasteiger partial charge < -0.3 is 0 Å². The van der Waals surface area contributed by atoms with Gasteiger partial charge in [0.15, 0.2) is 0 Å². The zero-order chi connectivity index (χ0) is 23.3. The van der Waals surface area contributed by atoms with Crippen molar-refractivity contribution in [2.45, 2.75) is 40.5 Å². The third kappa shape index (κ3) is 4.55. The van der Waals surface area contributed by atoms with Gasteiger partial charge in [0.25, 0.3) is 0 Å². The maximum absolute atomic E-state index is 5.34. The van der Waals surface area contributed by atoms with Gasteiger partial charge in [-0.25, -0.2) is 9.97 Å². The molecule has 5 aromatic rings. The first-order chi connectivity index (χ1) is 15.8. The number of aromatic nitrogens is 4. The van der Waals surface area contributed by atoms with Gasteiger partial charge in [0.2, 0.25) is 0 Å². The van der Waals surface area contributed by atoms with Crippen LogP contribution in [0.2, 0.25) is 0 Å². The molecule has 0 fully saturated rings. The van der Waals surface area contributed by atoms with Crippen LogP contribution in [0.5, 0.6) is 0 Å². The Morgan fingerprint density at radius 1 is 0.667 bits per heavy atom. The minimum atomic E-state index is 0.499. The maximum Gasteiger partial charge on any atom is 0.116 e. The average Bonchev–Trinajstić information content (AvgIpc) is 3.47. The van der Waals surface area contributed by atoms with Gasteiger partial charge in [-0.3, -0.25) is 0 Å². The second-order valence-corrected chi connectivity index (χ2v) is 14.4. The summed E-state index contributed by atoms with van der Waals surface area (Å²) in [6.45, 7) is 8.96. The molecule has 0 aliphatic rings. The first-order valence-corrected chi connectivity index (χ1v) is 14.8. The summed E-state index contributed by atoms with van der Waals surface area (Å²) >= 11 is 11.9. The molecule has 0 amide bonds. The molecule has 0 saturated carbocycles. The highest BCUT2D eigenvalue weighted by Gasteiger charge is 2.25. The van der Waals surface area contributed by atoms with E-state index in [0.29, 0.717) is 11.8 Å². The third-order valence-corrected chi connectivity index (χ3v) is 9.14. The Morgan fingerprint density at radius 2 is 1.09 bits per heavy atom. The molecule has 0 aliphatic heterocycles. The molecule has 9 heteroatoms. The topological polar surface area (TPSA) is 51.6 Å². The van der Waals surface area contributed by atoms with Crippen molar-refractivity contribution in [2.24, 2.45) is 11.8 Å². The Balaban J connectivity index is 1.94. The third-order valence-electron chi connectivity index (χ3n) is 5.33. The highest BCUT2D eigenvalue weighted by atomic mass is 79.9. The summed E-state index contributed by atoms with van der Waals surface area (Å²) in [6, 6.07) is 8.43. The molecule has 0 atom stereocenters. The molecule has 5 rings (SSSR count). The first kappa shape index (κ1) is 23.5. The fourth-order valence-corrected chi connectivity index (χ4v) is 7.48. The van der Waals surface area contributed by atoms with Crippen LogP contribution in [0.25, 0.3) is 42.9 Å². The number of thiophene rings is 2. The van der Waals surface area contributed by atoms with Crippen molar-refractivity contribution in [1.29, 1.82) is 0 Å². The second-order valence-electron chi connectivity index (χ2n) is 8.93. The lowest BCUT2D eigenvalue weighted by molar-refractivity contribution is 0.597. The van der Waals surface area contributed by atoms with Gasteiger partial charge in [-0.1, -0.05) is 27.7 Å². The Hall–Kier alpha value is -1.26. The van der Waals surface area contributed by atoms with Gasteiger partial charge in [-0.2, -0.15) is 8.75 Å². The molecule has 33 heavy (non-hydrogen) atoms. The summed E-state index contributed by atoms with van der Waals surface area (Å²) in [6.07, 6.45) is 1.82. The second kappa shape index (κ2) is 9.41. The molecule has 4 aromatic heterocycles. The normalized spacial score (nSPS) is 12.1. The molecule has 0 unspecified atom stereocenters. The smallest absolute Gasteiger partial charge is 0.116 e. The number of halogens is 2. The van der Waals surface area contributed by atoms with E-state index >= 15 is 0 Å². The SMILES string of the molecule is CC(C)Cc1nc2c(-c3ccc(Br)s3)c3nsnc3c(-c3ccc(Br)s3)c2nc1CC(C)C. The predicted molar refractivity (Wildman–Crippen MR) is 150 cm³/mol. The van der Waals surface area contributed by atoms with Crippen LogP contribution in [-0.4, -0.2) is 18.7 Å². The molecule has 0 saturated heterocycles. The fraction of sp³-hybridized carbons (Fsp3) is 0.333. The Labute approximate surface area is 222 Å². The summed E-state index contributed by atoms with van der Waals surface area (Å²) in [4.78, 5) is 12.9. The van der Waals surface area contributed by atoms with Gasteiger partial charge in [0, 0.05) is 20.9 Å². The van der Waals surface area contributed by atoms with Crippen LogP contribution in [0.4, 0.5) is 0 Å². The van der Waals surface area contributed by atoms with E-state index in [1.807, 2.05) is 0 Å². The quantitative estimate of drug-likeness (QED) is 0.190. The van der Waals surface area contributed by atoms with Crippen molar-refractivity contribution in [3.8, 4) is 20.9 Å². The van der Waals surface area contributed by atoms with Gasteiger partial charge in [-0.15, -0.1) is 22.7 Å². The maximum atomic E-state index is 5.34. The summed E-state index contributed by atoms with van der Waals surface area (Å²) in [5.74, 6) is 0.999. The van der Waals surface area contributed by atoms with Gasteiger partial charge >= 0.3 is 0 Å². The molecule has 170 valence electrons. The summed E-state index contributed by atoms with van der Waals surface area (Å²) < 4.78 is 11.7. The molecule has 0 spiro atoms. The Kier molecular flexibility index (Phi) is 6.70. The van der Waals surface area contributed by atoms with Crippen molar-refractivity contribution in [1.82, 2.24) is 18.7 Å². The number of benzene rings is 1. The molecule has 4 nitrogen and oxygen atoms in total. The molecule has 0 aliphatic carbocycles. The molecule has 0 bridgehead atoms. The first-order valence-electron chi connectivity index (χ1n) is 10.8. The van der Waals surface area contributed by atoms with Crippen LogP contribution >= 0.6 is 66.3 Å². The lowest BCUT2D eigenvalue weighted by atomic mass is 9.98. The van der Waals surface area contributed by atoms with Crippen LogP contribution in [-0.2, 0) is 12.8 Å². The van der Waals surface area contributed by atoms with Gasteiger partial charge in [-0.05, 0) is 80.8 Å². The minimum Gasteiger partial charge on any atom is -0.248 e. The fourth-order valence-electron chi connectivity index (χ4n) is 4.06. The van der Waals surface area contributed by atoms with Crippen molar-refractivity contribution in [2.75, 3.05) is 0 Å². The largest absolute Gasteiger partial charge is 0.248 e. The van der Waals surface area contributed by atoms with Crippen molar-refractivity contribution in [3.63, 3.8) is 0 Å². The van der Waals surface area contributed by atoms with Gasteiger partial charge in [0.05, 0.1) is 30.7 Å². The zero-order valence-corrected chi connectivity index (χ0v) is 24.3. The van der Waals surface area contributed by atoms with Crippen LogP contribution in [0.3, 0.4) is 0 Å². The van der Waals surface area contributed by atoms with Crippen LogP contribution < -0.4 is 0 Å². The highest BCUT2D eigenvalue weighted by Crippen LogP contribution is 2.46. The molecular weight excluding hydrogens is 600 g/mol. The lowest BCUT2D eigenvalue weighted by Crippen LogP contribution is -2.09. The van der Waals surface area contributed by atoms with E-state index in [-0.39, 0.29) is 0 Å².